The molecule has 0 aromatic carbocycles. The lowest BCUT2D eigenvalue weighted by Gasteiger charge is -2.07. The van der Waals surface area contributed by atoms with Crippen LogP contribution in [0, 0.1) is 11.3 Å². The first-order valence-electron chi connectivity index (χ1n) is 4.36. The lowest BCUT2D eigenvalue weighted by Crippen LogP contribution is -2.38. The van der Waals surface area contributed by atoms with Gasteiger partial charge in [-0.15, -0.1) is 0 Å². The van der Waals surface area contributed by atoms with Crippen LogP contribution in [0.4, 0.5) is 13.2 Å². The normalized spacial score (nSPS) is 10.4. The summed E-state index contributed by atoms with van der Waals surface area (Å²) in [5, 5.41) is 12.1. The van der Waals surface area contributed by atoms with Crippen LogP contribution in [-0.4, -0.2) is 31.1 Å². The fourth-order valence-corrected chi connectivity index (χ4v) is 0.753. The van der Waals surface area contributed by atoms with E-state index in [1.54, 1.807) is 11.4 Å². The summed E-state index contributed by atoms with van der Waals surface area (Å²) in [6.45, 7) is -0.0795. The average molecular weight is 237 g/mol. The van der Waals surface area contributed by atoms with Crippen molar-refractivity contribution >= 4 is 11.8 Å². The van der Waals surface area contributed by atoms with E-state index in [1.807, 2.05) is 0 Å². The number of halogens is 3. The first-order valence-corrected chi connectivity index (χ1v) is 4.36. The molecule has 2 N–H and O–H groups in total. The summed E-state index contributed by atoms with van der Waals surface area (Å²) in [5.41, 5.74) is 0. The van der Waals surface area contributed by atoms with Gasteiger partial charge in [-0.1, -0.05) is 0 Å². The second-order valence-electron chi connectivity index (χ2n) is 2.79. The van der Waals surface area contributed by atoms with E-state index in [0.29, 0.717) is 0 Å². The predicted molar refractivity (Wildman–Crippen MR) is 46.9 cm³/mol. The SMILES string of the molecule is N#CCC(=O)NCCCNC(=O)C(F)(F)F. The van der Waals surface area contributed by atoms with Gasteiger partial charge in [0, 0.05) is 13.1 Å². The van der Waals surface area contributed by atoms with Gasteiger partial charge in [0.1, 0.15) is 6.42 Å². The van der Waals surface area contributed by atoms with Crippen molar-refractivity contribution in [2.75, 3.05) is 13.1 Å². The van der Waals surface area contributed by atoms with Crippen molar-refractivity contribution in [1.29, 1.82) is 5.26 Å². The maximum Gasteiger partial charge on any atom is 0.471 e. The predicted octanol–water partition coefficient (Wildman–Crippen LogP) is 0.0849. The fourth-order valence-electron chi connectivity index (χ4n) is 0.753. The molecule has 2 amide bonds. The van der Waals surface area contributed by atoms with Crippen molar-refractivity contribution in [2.45, 2.75) is 19.0 Å². The molecule has 0 saturated carbocycles. The van der Waals surface area contributed by atoms with Gasteiger partial charge >= 0.3 is 12.1 Å². The first kappa shape index (κ1) is 14.2. The van der Waals surface area contributed by atoms with Crippen molar-refractivity contribution in [2.24, 2.45) is 0 Å². The lowest BCUT2D eigenvalue weighted by atomic mass is 10.3. The smallest absolute Gasteiger partial charge is 0.355 e. The molecule has 0 radical (unpaired) electrons. The van der Waals surface area contributed by atoms with Crippen molar-refractivity contribution in [3.05, 3.63) is 0 Å². The number of nitrogens with zero attached hydrogens (tertiary/aromatic N) is 1. The van der Waals surface area contributed by atoms with E-state index < -0.39 is 18.0 Å². The Kier molecular flexibility index (Phi) is 5.92. The van der Waals surface area contributed by atoms with Crippen molar-refractivity contribution in [1.82, 2.24) is 10.6 Å². The van der Waals surface area contributed by atoms with Gasteiger partial charge in [0.15, 0.2) is 0 Å². The topological polar surface area (TPSA) is 82.0 Å². The third kappa shape index (κ3) is 6.64. The lowest BCUT2D eigenvalue weighted by molar-refractivity contribution is -0.173. The Labute approximate surface area is 89.6 Å². The average Bonchev–Trinajstić information content (AvgIpc) is 2.16. The van der Waals surface area contributed by atoms with E-state index in [-0.39, 0.29) is 25.9 Å². The molecule has 0 unspecified atom stereocenters. The standard InChI is InChI=1S/C8H10F3N3O2/c9-8(10,11)7(16)14-5-1-4-13-6(15)2-3-12/h1-2,4-5H2,(H,13,15)(H,14,16). The second kappa shape index (κ2) is 6.66. The highest BCUT2D eigenvalue weighted by molar-refractivity contribution is 5.81. The third-order valence-electron chi connectivity index (χ3n) is 1.46. The fraction of sp³-hybridized carbons (Fsp3) is 0.625. The number of nitrogens with one attached hydrogen (secondary N) is 2. The molecule has 0 fully saturated rings. The maximum atomic E-state index is 11.7. The summed E-state index contributed by atoms with van der Waals surface area (Å²) in [6, 6.07) is 1.62. The van der Waals surface area contributed by atoms with Crippen LogP contribution in [0.5, 0.6) is 0 Å². The van der Waals surface area contributed by atoms with E-state index in [0.717, 1.165) is 0 Å². The van der Waals surface area contributed by atoms with Crippen LogP contribution >= 0.6 is 0 Å². The Balaban J connectivity index is 3.52. The molecule has 16 heavy (non-hydrogen) atoms. The summed E-state index contributed by atoms with van der Waals surface area (Å²) in [7, 11) is 0. The molecular weight excluding hydrogens is 227 g/mol. The van der Waals surface area contributed by atoms with Crippen LogP contribution in [0.25, 0.3) is 0 Å². The summed E-state index contributed by atoms with van der Waals surface area (Å²) in [4.78, 5) is 21.0. The molecule has 0 aromatic rings. The zero-order valence-electron chi connectivity index (χ0n) is 8.23. The summed E-state index contributed by atoms with van der Waals surface area (Å²) < 4.78 is 35.0. The van der Waals surface area contributed by atoms with Crippen LogP contribution < -0.4 is 10.6 Å². The Morgan fingerprint density at radius 1 is 1.19 bits per heavy atom. The molecule has 0 aromatic heterocycles. The van der Waals surface area contributed by atoms with Crippen molar-refractivity contribution in [3.8, 4) is 6.07 Å². The molecule has 0 atom stereocenters. The zero-order valence-corrected chi connectivity index (χ0v) is 8.23. The van der Waals surface area contributed by atoms with Crippen LogP contribution in [-0.2, 0) is 9.59 Å². The molecule has 0 spiro atoms. The molecule has 0 heterocycles. The number of rotatable bonds is 5. The van der Waals surface area contributed by atoms with Gasteiger partial charge in [-0.2, -0.15) is 18.4 Å². The quantitative estimate of drug-likeness (QED) is 0.664. The second-order valence-corrected chi connectivity index (χ2v) is 2.79. The van der Waals surface area contributed by atoms with E-state index in [4.69, 9.17) is 5.26 Å². The molecule has 5 nitrogen and oxygen atoms in total. The maximum absolute atomic E-state index is 11.7. The van der Waals surface area contributed by atoms with Gasteiger partial charge in [-0.25, -0.2) is 0 Å². The van der Waals surface area contributed by atoms with Gasteiger partial charge in [-0.3, -0.25) is 9.59 Å². The van der Waals surface area contributed by atoms with Crippen LogP contribution in [0.2, 0.25) is 0 Å². The van der Waals surface area contributed by atoms with E-state index in [9.17, 15) is 22.8 Å². The van der Waals surface area contributed by atoms with Crippen molar-refractivity contribution in [3.63, 3.8) is 0 Å². The van der Waals surface area contributed by atoms with Gasteiger partial charge in [0.05, 0.1) is 6.07 Å². The highest BCUT2D eigenvalue weighted by Crippen LogP contribution is 2.13. The van der Waals surface area contributed by atoms with E-state index in [1.165, 1.54) is 0 Å². The monoisotopic (exact) mass is 237 g/mol. The number of hydrogen-bond acceptors (Lipinski definition) is 3. The van der Waals surface area contributed by atoms with Crippen LogP contribution in [0.1, 0.15) is 12.8 Å². The Bertz CT molecular complexity index is 296. The van der Waals surface area contributed by atoms with E-state index in [2.05, 4.69) is 5.32 Å². The number of nitriles is 1. The zero-order chi connectivity index (χ0) is 12.6. The third-order valence-corrected chi connectivity index (χ3v) is 1.46. The number of carbonyl (C=O) groups excluding carboxylic acids is 2. The van der Waals surface area contributed by atoms with E-state index >= 15 is 0 Å². The molecule has 0 aliphatic rings. The van der Waals surface area contributed by atoms with Crippen molar-refractivity contribution < 1.29 is 22.8 Å². The molecule has 8 heteroatoms. The molecule has 90 valence electrons. The summed E-state index contributed by atoms with van der Waals surface area (Å²) in [5.74, 6) is -2.50. The Morgan fingerprint density at radius 3 is 2.25 bits per heavy atom. The molecule has 0 saturated heterocycles. The minimum Gasteiger partial charge on any atom is -0.355 e. The van der Waals surface area contributed by atoms with Gasteiger partial charge in [0.25, 0.3) is 0 Å². The summed E-state index contributed by atoms with van der Waals surface area (Å²) in [6.07, 6.45) is -5.02. The van der Waals surface area contributed by atoms with Crippen LogP contribution in [0.15, 0.2) is 0 Å². The molecule has 0 aliphatic heterocycles. The minimum atomic E-state index is -4.88. The Morgan fingerprint density at radius 2 is 1.75 bits per heavy atom. The van der Waals surface area contributed by atoms with Gasteiger partial charge in [-0.05, 0) is 6.42 Å². The van der Waals surface area contributed by atoms with Gasteiger partial charge < -0.3 is 10.6 Å². The minimum absolute atomic E-state index is 0.110. The Hall–Kier alpha value is -1.78. The summed E-state index contributed by atoms with van der Waals surface area (Å²) >= 11 is 0. The van der Waals surface area contributed by atoms with Crippen LogP contribution in [0.3, 0.4) is 0 Å². The number of alkyl halides is 3. The highest BCUT2D eigenvalue weighted by atomic mass is 19.4. The largest absolute Gasteiger partial charge is 0.471 e. The van der Waals surface area contributed by atoms with Gasteiger partial charge in [0.2, 0.25) is 5.91 Å². The first-order chi connectivity index (χ1) is 7.38. The molecular formula is C8H10F3N3O2. The molecule has 0 rings (SSSR count). The number of amides is 2. The number of hydrogen-bond donors (Lipinski definition) is 2. The highest BCUT2D eigenvalue weighted by Gasteiger charge is 2.38. The molecule has 0 aliphatic carbocycles. The number of carbonyl (C=O) groups is 2. The molecule has 0 bridgehead atoms.